The van der Waals surface area contributed by atoms with Gasteiger partial charge in [-0.2, -0.15) is 0 Å². The molecule has 1 N–H and O–H groups in total. The lowest BCUT2D eigenvalue weighted by atomic mass is 10.0. The van der Waals surface area contributed by atoms with Gasteiger partial charge in [0.1, 0.15) is 23.1 Å². The Bertz CT molecular complexity index is 1260. The number of methoxy groups -OCH3 is 1. The average Bonchev–Trinajstić information content (AvgIpc) is 3.28. The van der Waals surface area contributed by atoms with Crippen LogP contribution in [0.25, 0.3) is 22.3 Å². The third-order valence-corrected chi connectivity index (χ3v) is 5.81. The van der Waals surface area contributed by atoms with E-state index in [-0.39, 0.29) is 17.6 Å². The van der Waals surface area contributed by atoms with Gasteiger partial charge in [-0.25, -0.2) is 14.4 Å². The van der Waals surface area contributed by atoms with Crippen LogP contribution in [0.15, 0.2) is 66.7 Å². The second-order valence-corrected chi connectivity index (χ2v) is 7.64. The van der Waals surface area contributed by atoms with E-state index < -0.39 is 0 Å². The Morgan fingerprint density at radius 2 is 1.84 bits per heavy atom. The molecule has 0 aliphatic carbocycles. The fraction of sp³-hybridized carbons (Fsp3) is 0.200. The van der Waals surface area contributed by atoms with Gasteiger partial charge in [-0.1, -0.05) is 30.3 Å². The molecule has 156 valence electrons. The molecule has 31 heavy (non-hydrogen) atoms. The Morgan fingerprint density at radius 1 is 1.03 bits per heavy atom. The lowest BCUT2D eigenvalue weighted by molar-refractivity contribution is 0.405. The van der Waals surface area contributed by atoms with E-state index in [0.717, 1.165) is 30.7 Å². The number of fused-ring (bicyclic) bond motifs is 1. The Hall–Kier alpha value is -3.67. The third-order valence-electron chi connectivity index (χ3n) is 5.81. The molecule has 0 radical (unpaired) electrons. The van der Waals surface area contributed by atoms with Crippen LogP contribution in [0, 0.1) is 5.82 Å². The molecule has 1 aromatic heterocycles. The molecule has 4 aromatic rings. The number of anilines is 1. The van der Waals surface area contributed by atoms with Crippen molar-refractivity contribution in [3.63, 3.8) is 0 Å². The van der Waals surface area contributed by atoms with Crippen LogP contribution in [-0.2, 0) is 0 Å². The van der Waals surface area contributed by atoms with E-state index >= 15 is 0 Å². The highest BCUT2D eigenvalue weighted by atomic mass is 19.1. The molecule has 0 saturated carbocycles. The number of hydrogen-bond acceptors (Lipinski definition) is 5. The quantitative estimate of drug-likeness (QED) is 0.478. The number of phenolic OH excluding ortho intramolecular Hbond substituents is 1. The first-order valence-electron chi connectivity index (χ1n) is 10.3. The highest BCUT2D eigenvalue weighted by Gasteiger charge is 2.31. The van der Waals surface area contributed by atoms with Gasteiger partial charge in [0, 0.05) is 17.5 Å². The summed E-state index contributed by atoms with van der Waals surface area (Å²) in [6.45, 7) is 0.783. The molecule has 6 heteroatoms. The van der Waals surface area contributed by atoms with Gasteiger partial charge >= 0.3 is 0 Å². The number of nitrogens with zero attached hydrogens (tertiary/aromatic N) is 3. The van der Waals surface area contributed by atoms with Crippen molar-refractivity contribution in [1.82, 2.24) is 9.97 Å². The minimum Gasteiger partial charge on any atom is -0.507 e. The van der Waals surface area contributed by atoms with Crippen molar-refractivity contribution in [2.75, 3.05) is 18.6 Å². The van der Waals surface area contributed by atoms with E-state index in [1.807, 2.05) is 24.3 Å². The summed E-state index contributed by atoms with van der Waals surface area (Å²) >= 11 is 0. The Morgan fingerprint density at radius 3 is 2.68 bits per heavy atom. The van der Waals surface area contributed by atoms with Crippen molar-refractivity contribution in [2.24, 2.45) is 0 Å². The van der Waals surface area contributed by atoms with Gasteiger partial charge in [0.15, 0.2) is 5.82 Å². The molecule has 1 fully saturated rings. The zero-order valence-corrected chi connectivity index (χ0v) is 17.1. The van der Waals surface area contributed by atoms with E-state index in [1.165, 1.54) is 12.1 Å². The molecule has 1 atom stereocenters. The summed E-state index contributed by atoms with van der Waals surface area (Å²) in [5.74, 6) is 1.68. The molecule has 0 amide bonds. The second kappa shape index (κ2) is 7.87. The van der Waals surface area contributed by atoms with Gasteiger partial charge in [0.2, 0.25) is 0 Å². The minimum atomic E-state index is -0.333. The van der Waals surface area contributed by atoms with E-state index in [9.17, 15) is 9.50 Å². The highest BCUT2D eigenvalue weighted by molar-refractivity contribution is 5.91. The van der Waals surface area contributed by atoms with E-state index in [2.05, 4.69) is 16.0 Å². The zero-order chi connectivity index (χ0) is 21.4. The van der Waals surface area contributed by atoms with Crippen molar-refractivity contribution < 1.29 is 14.2 Å². The van der Waals surface area contributed by atoms with Crippen LogP contribution in [0.4, 0.5) is 10.2 Å². The maximum absolute atomic E-state index is 14.2. The van der Waals surface area contributed by atoms with E-state index in [4.69, 9.17) is 9.72 Å². The fourth-order valence-corrected chi connectivity index (χ4v) is 4.37. The van der Waals surface area contributed by atoms with Gasteiger partial charge in [0.25, 0.3) is 0 Å². The van der Waals surface area contributed by atoms with Crippen LogP contribution in [0.2, 0.25) is 0 Å². The molecule has 0 bridgehead atoms. The molecule has 0 spiro atoms. The van der Waals surface area contributed by atoms with Crippen LogP contribution in [-0.4, -0.2) is 28.7 Å². The average molecular weight is 415 g/mol. The summed E-state index contributed by atoms with van der Waals surface area (Å²) in [4.78, 5) is 11.7. The van der Waals surface area contributed by atoms with Crippen molar-refractivity contribution in [1.29, 1.82) is 0 Å². The molecule has 1 aliphatic heterocycles. The van der Waals surface area contributed by atoms with Crippen molar-refractivity contribution in [2.45, 2.75) is 18.9 Å². The number of para-hydroxylation sites is 2. The summed E-state index contributed by atoms with van der Waals surface area (Å²) in [5.41, 5.74) is 2.26. The second-order valence-electron chi connectivity index (χ2n) is 7.64. The van der Waals surface area contributed by atoms with Crippen molar-refractivity contribution in [3.05, 3.63) is 78.1 Å². The number of ether oxygens (including phenoxy) is 1. The SMILES string of the molecule is COc1ccccc1C1CCCN1c1nc(-c2ccccc2O)nc2ccc(F)cc12. The maximum atomic E-state index is 14.2. The minimum absolute atomic E-state index is 0.0507. The monoisotopic (exact) mass is 415 g/mol. The maximum Gasteiger partial charge on any atom is 0.165 e. The van der Waals surface area contributed by atoms with E-state index in [1.54, 1.807) is 31.4 Å². The molecular weight excluding hydrogens is 393 g/mol. The Kier molecular flexibility index (Phi) is 4.90. The van der Waals surface area contributed by atoms with Gasteiger partial charge in [0.05, 0.1) is 24.2 Å². The van der Waals surface area contributed by atoms with Gasteiger partial charge < -0.3 is 14.7 Å². The summed E-state index contributed by atoms with van der Waals surface area (Å²) in [6, 6.07) is 19.6. The standard InChI is InChI=1S/C25H22FN3O2/c1-31-23-11-5-3-7-17(23)21-9-6-14-29(21)25-19-15-16(26)12-13-20(19)27-24(28-25)18-8-2-4-10-22(18)30/h2-5,7-8,10-13,15,21,30H,6,9,14H2,1H3. The van der Waals surface area contributed by atoms with Crippen LogP contribution in [0.5, 0.6) is 11.5 Å². The summed E-state index contributed by atoms with van der Waals surface area (Å²) in [7, 11) is 1.67. The lowest BCUT2D eigenvalue weighted by Gasteiger charge is -2.28. The number of phenols is 1. The first kappa shape index (κ1) is 19.3. The number of aromatic hydroxyl groups is 1. The summed E-state index contributed by atoms with van der Waals surface area (Å²) < 4.78 is 19.8. The van der Waals surface area contributed by atoms with Crippen LogP contribution in [0.1, 0.15) is 24.4 Å². The van der Waals surface area contributed by atoms with Gasteiger partial charge in [-0.3, -0.25) is 0 Å². The van der Waals surface area contributed by atoms with Crippen molar-refractivity contribution in [3.8, 4) is 22.9 Å². The Labute approximate surface area is 179 Å². The fourth-order valence-electron chi connectivity index (χ4n) is 4.37. The van der Waals surface area contributed by atoms with Crippen molar-refractivity contribution >= 4 is 16.7 Å². The lowest BCUT2D eigenvalue weighted by Crippen LogP contribution is -2.24. The van der Waals surface area contributed by atoms with E-state index in [0.29, 0.717) is 28.1 Å². The smallest absolute Gasteiger partial charge is 0.165 e. The molecular formula is C25H22FN3O2. The topological polar surface area (TPSA) is 58.5 Å². The zero-order valence-electron chi connectivity index (χ0n) is 17.1. The summed E-state index contributed by atoms with van der Waals surface area (Å²) in [5, 5.41) is 11.0. The first-order valence-corrected chi connectivity index (χ1v) is 10.3. The number of benzene rings is 3. The molecule has 5 nitrogen and oxygen atoms in total. The van der Waals surface area contributed by atoms with Crippen LogP contribution in [0.3, 0.4) is 0 Å². The molecule has 2 heterocycles. The molecule has 1 unspecified atom stereocenters. The first-order chi connectivity index (χ1) is 15.2. The normalized spacial score (nSPS) is 16.1. The predicted molar refractivity (Wildman–Crippen MR) is 119 cm³/mol. The largest absolute Gasteiger partial charge is 0.507 e. The van der Waals surface area contributed by atoms with Crippen LogP contribution < -0.4 is 9.64 Å². The molecule has 3 aromatic carbocycles. The van der Waals surface area contributed by atoms with Crippen LogP contribution >= 0.6 is 0 Å². The molecule has 1 saturated heterocycles. The molecule has 5 rings (SSSR count). The van der Waals surface area contributed by atoms with Gasteiger partial charge in [-0.15, -0.1) is 0 Å². The predicted octanol–water partition coefficient (Wildman–Crippen LogP) is 5.49. The number of rotatable bonds is 4. The number of hydrogen-bond donors (Lipinski definition) is 1. The number of aromatic nitrogens is 2. The van der Waals surface area contributed by atoms with Gasteiger partial charge in [-0.05, 0) is 49.2 Å². The molecule has 1 aliphatic rings. The summed E-state index contributed by atoms with van der Waals surface area (Å²) in [6.07, 6.45) is 1.92. The Balaban J connectivity index is 1.71. The highest BCUT2D eigenvalue weighted by Crippen LogP contribution is 2.42. The number of halogens is 1. The third kappa shape index (κ3) is 3.44.